The minimum absolute atomic E-state index is 0.210. The number of carbonyl (C=O) groups is 2. The molecule has 0 radical (unpaired) electrons. The van der Waals surface area contributed by atoms with Gasteiger partial charge in [0.2, 0.25) is 5.91 Å². The van der Waals surface area contributed by atoms with Crippen molar-refractivity contribution in [1.29, 1.82) is 0 Å². The Morgan fingerprint density at radius 1 is 1.33 bits per heavy atom. The fourth-order valence-electron chi connectivity index (χ4n) is 3.43. The van der Waals surface area contributed by atoms with Crippen molar-refractivity contribution in [3.05, 3.63) is 11.6 Å². The predicted octanol–water partition coefficient (Wildman–Crippen LogP) is 1.30. The number of amides is 1. The number of rotatable bonds is 3. The van der Waals surface area contributed by atoms with Crippen molar-refractivity contribution >= 4 is 11.9 Å². The molecule has 24 heavy (non-hydrogen) atoms. The van der Waals surface area contributed by atoms with Crippen molar-refractivity contribution in [1.82, 2.24) is 5.32 Å². The van der Waals surface area contributed by atoms with Gasteiger partial charge in [-0.1, -0.05) is 5.92 Å². The van der Waals surface area contributed by atoms with Crippen molar-refractivity contribution in [2.24, 2.45) is 5.92 Å². The van der Waals surface area contributed by atoms with Crippen LogP contribution in [0, 0.1) is 17.8 Å². The Morgan fingerprint density at radius 3 is 2.62 bits per heavy atom. The monoisotopic (exact) mass is 333 g/mol. The molecule has 130 valence electrons. The van der Waals surface area contributed by atoms with Gasteiger partial charge in [-0.15, -0.1) is 0 Å². The van der Waals surface area contributed by atoms with E-state index in [4.69, 9.17) is 14.2 Å². The zero-order valence-corrected chi connectivity index (χ0v) is 14.4. The smallest absolute Gasteiger partial charge is 0.385 e. The summed E-state index contributed by atoms with van der Waals surface area (Å²) in [5.41, 5.74) is 1.11. The van der Waals surface area contributed by atoms with Crippen LogP contribution in [-0.2, 0) is 23.8 Å². The number of hydrogen-bond acceptors (Lipinski definition) is 5. The van der Waals surface area contributed by atoms with E-state index in [9.17, 15) is 9.59 Å². The first-order chi connectivity index (χ1) is 11.3. The van der Waals surface area contributed by atoms with E-state index in [2.05, 4.69) is 17.2 Å². The molecule has 0 unspecified atom stereocenters. The Bertz CT molecular complexity index is 638. The molecule has 6 heteroatoms. The number of nitrogens with one attached hydrogen (secondary N) is 1. The predicted molar refractivity (Wildman–Crippen MR) is 85.6 cm³/mol. The molecule has 0 aromatic heterocycles. The molecule has 0 spiro atoms. The third kappa shape index (κ3) is 3.47. The van der Waals surface area contributed by atoms with Crippen LogP contribution in [0.1, 0.15) is 40.5 Å². The molecule has 2 aliphatic carbocycles. The summed E-state index contributed by atoms with van der Waals surface area (Å²) in [7, 11) is 0. The number of fused-ring (bicyclic) bond motifs is 1. The number of carbonyl (C=O) groups excluding carboxylic acids is 2. The number of hydrogen-bond donors (Lipinski definition) is 1. The van der Waals surface area contributed by atoms with Gasteiger partial charge in [-0.25, -0.2) is 4.79 Å². The van der Waals surface area contributed by atoms with E-state index >= 15 is 0 Å². The van der Waals surface area contributed by atoms with Gasteiger partial charge < -0.3 is 19.5 Å². The molecular weight excluding hydrogens is 310 g/mol. The first-order valence-electron chi connectivity index (χ1n) is 8.28. The minimum atomic E-state index is -0.748. The maximum absolute atomic E-state index is 11.8. The molecule has 3 rings (SSSR count). The maximum atomic E-state index is 11.8. The average Bonchev–Trinajstić information content (AvgIpc) is 3.24. The second-order valence-electron chi connectivity index (χ2n) is 6.93. The van der Waals surface area contributed by atoms with Crippen LogP contribution in [0.3, 0.4) is 0 Å². The lowest BCUT2D eigenvalue weighted by molar-refractivity contribution is -0.154. The van der Waals surface area contributed by atoms with Crippen molar-refractivity contribution in [2.75, 3.05) is 0 Å². The summed E-state index contributed by atoms with van der Waals surface area (Å²) in [5, 5.41) is 2.85. The molecule has 6 nitrogen and oxygen atoms in total. The van der Waals surface area contributed by atoms with Gasteiger partial charge in [-0.3, -0.25) is 4.79 Å². The van der Waals surface area contributed by atoms with Crippen LogP contribution in [0.25, 0.3) is 0 Å². The van der Waals surface area contributed by atoms with Gasteiger partial charge in [0.1, 0.15) is 18.3 Å². The van der Waals surface area contributed by atoms with Crippen LogP contribution in [0.5, 0.6) is 0 Å². The Morgan fingerprint density at radius 2 is 2.04 bits per heavy atom. The molecule has 1 amide bonds. The fourth-order valence-corrected chi connectivity index (χ4v) is 3.43. The zero-order chi connectivity index (χ0) is 17.5. The lowest BCUT2D eigenvalue weighted by Crippen LogP contribution is -2.57. The molecule has 0 bridgehead atoms. The highest BCUT2D eigenvalue weighted by Crippen LogP contribution is 2.47. The molecule has 1 heterocycles. The summed E-state index contributed by atoms with van der Waals surface area (Å²) >= 11 is 0. The van der Waals surface area contributed by atoms with Crippen LogP contribution >= 0.6 is 0 Å². The Kier molecular flexibility index (Phi) is 4.41. The third-order valence-corrected chi connectivity index (χ3v) is 4.41. The van der Waals surface area contributed by atoms with Crippen molar-refractivity contribution in [3.63, 3.8) is 0 Å². The van der Waals surface area contributed by atoms with Gasteiger partial charge in [0.15, 0.2) is 5.79 Å². The summed E-state index contributed by atoms with van der Waals surface area (Å²) in [5.74, 6) is 3.78. The maximum Gasteiger partial charge on any atom is 0.385 e. The molecule has 1 aliphatic heterocycles. The molecule has 3 aliphatic rings. The molecule has 4 atom stereocenters. The molecule has 0 aromatic rings. The van der Waals surface area contributed by atoms with Crippen molar-refractivity contribution in [2.45, 2.75) is 70.7 Å². The highest BCUT2D eigenvalue weighted by Gasteiger charge is 2.54. The van der Waals surface area contributed by atoms with Gasteiger partial charge in [0.25, 0.3) is 0 Å². The Hall–Kier alpha value is -1.84. The van der Waals surface area contributed by atoms with Crippen molar-refractivity contribution < 1.29 is 23.8 Å². The topological polar surface area (TPSA) is 73.9 Å². The largest absolute Gasteiger partial charge is 0.446 e. The van der Waals surface area contributed by atoms with Crippen LogP contribution in [-0.4, -0.2) is 42.0 Å². The van der Waals surface area contributed by atoms with E-state index in [0.717, 1.165) is 18.4 Å². The third-order valence-electron chi connectivity index (χ3n) is 4.41. The molecule has 1 N–H and O–H groups in total. The summed E-state index contributed by atoms with van der Waals surface area (Å²) in [4.78, 5) is 23.5. The number of esters is 1. The molecular formula is C18H23NO5. The van der Waals surface area contributed by atoms with Gasteiger partial charge >= 0.3 is 5.97 Å². The molecule has 0 aromatic carbocycles. The highest BCUT2D eigenvalue weighted by molar-refractivity contribution is 5.88. The summed E-state index contributed by atoms with van der Waals surface area (Å²) in [6.07, 6.45) is 2.88. The Balaban J connectivity index is 1.93. The van der Waals surface area contributed by atoms with E-state index in [1.807, 2.05) is 19.9 Å². The first-order valence-corrected chi connectivity index (χ1v) is 8.28. The SMILES string of the molecule is CC#CC(=O)O[C@@H]1C=C(C2CC2)[C@H]2OC(C)(C)O[C@H]2[C@@H]1NC(C)=O. The van der Waals surface area contributed by atoms with Gasteiger partial charge in [-0.2, -0.15) is 0 Å². The van der Waals surface area contributed by atoms with Gasteiger partial charge in [-0.05, 0) is 51.2 Å². The molecule has 1 saturated heterocycles. The van der Waals surface area contributed by atoms with Crippen LogP contribution in [0.15, 0.2) is 11.6 Å². The first kappa shape index (κ1) is 17.0. The minimum Gasteiger partial charge on any atom is -0.446 e. The van der Waals surface area contributed by atoms with E-state index in [1.165, 1.54) is 6.92 Å². The Labute approximate surface area is 141 Å². The van der Waals surface area contributed by atoms with E-state index in [1.54, 1.807) is 6.92 Å². The standard InChI is InChI=1S/C18H23NO5/c1-5-6-14(21)22-13-9-12(11-7-8-11)16-17(15(13)19-10(2)20)24-18(3,4)23-16/h9,11,13,15-17H,7-8H2,1-4H3,(H,19,20)/t13-,15-,16-,17+/m1/s1. The fraction of sp³-hybridized carbons (Fsp3) is 0.667. The van der Waals surface area contributed by atoms with Crippen LogP contribution < -0.4 is 5.32 Å². The van der Waals surface area contributed by atoms with Gasteiger partial charge in [0, 0.05) is 12.8 Å². The van der Waals surface area contributed by atoms with Crippen molar-refractivity contribution in [3.8, 4) is 11.8 Å². The van der Waals surface area contributed by atoms with Crippen LogP contribution in [0.4, 0.5) is 0 Å². The zero-order valence-electron chi connectivity index (χ0n) is 14.4. The molecule has 1 saturated carbocycles. The van der Waals surface area contributed by atoms with E-state index in [-0.39, 0.29) is 12.0 Å². The highest BCUT2D eigenvalue weighted by atomic mass is 16.8. The number of ether oxygens (including phenoxy) is 3. The lowest BCUT2D eigenvalue weighted by Gasteiger charge is -2.36. The summed E-state index contributed by atoms with van der Waals surface area (Å²) in [6.45, 7) is 6.71. The average molecular weight is 333 g/mol. The van der Waals surface area contributed by atoms with E-state index < -0.39 is 30.0 Å². The summed E-state index contributed by atoms with van der Waals surface area (Å²) < 4.78 is 17.6. The van der Waals surface area contributed by atoms with Gasteiger partial charge in [0.05, 0.1) is 6.04 Å². The lowest BCUT2D eigenvalue weighted by atomic mass is 9.85. The molecule has 2 fully saturated rings. The second-order valence-corrected chi connectivity index (χ2v) is 6.93. The second kappa shape index (κ2) is 6.23. The normalized spacial score (nSPS) is 33.6. The van der Waals surface area contributed by atoms with E-state index in [0.29, 0.717) is 5.92 Å². The quantitative estimate of drug-likeness (QED) is 0.365. The summed E-state index contributed by atoms with van der Waals surface area (Å²) in [6, 6.07) is -0.501. The van der Waals surface area contributed by atoms with Crippen LogP contribution in [0.2, 0.25) is 0 Å².